The molecule has 0 aromatic carbocycles. The molecule has 2 aromatic heterocycles. The number of aliphatic carboxylic acids is 1. The van der Waals surface area contributed by atoms with Crippen LogP contribution < -0.4 is 5.56 Å². The van der Waals surface area contributed by atoms with Crippen LogP contribution in [0.1, 0.15) is 49.0 Å². The van der Waals surface area contributed by atoms with Gasteiger partial charge in [0.15, 0.2) is 0 Å². The molecule has 0 spiro atoms. The van der Waals surface area contributed by atoms with Gasteiger partial charge in [-0.15, -0.1) is 11.3 Å². The first-order valence-corrected chi connectivity index (χ1v) is 7.97. The first-order chi connectivity index (χ1) is 9.92. The summed E-state index contributed by atoms with van der Waals surface area (Å²) in [6, 6.07) is -0.851. The van der Waals surface area contributed by atoms with E-state index >= 15 is 0 Å². The average molecular weight is 308 g/mol. The molecule has 114 valence electrons. The molecule has 2 rings (SSSR count). The molecular formula is C15H20N2O3S. The van der Waals surface area contributed by atoms with Gasteiger partial charge in [-0.2, -0.15) is 0 Å². The Kier molecular flexibility index (Phi) is 4.46. The molecule has 1 N–H and O–H groups in total. The summed E-state index contributed by atoms with van der Waals surface area (Å²) in [6.07, 6.45) is 1.78. The van der Waals surface area contributed by atoms with E-state index in [0.717, 1.165) is 21.7 Å². The fourth-order valence-corrected chi connectivity index (χ4v) is 3.58. The number of rotatable bonds is 5. The number of hydrogen-bond donors (Lipinski definition) is 1. The molecule has 0 aliphatic heterocycles. The highest BCUT2D eigenvalue weighted by molar-refractivity contribution is 7.18. The summed E-state index contributed by atoms with van der Waals surface area (Å²) in [5.41, 5.74) is 0.684. The molecule has 6 heteroatoms. The normalized spacial score (nSPS) is 12.8. The molecule has 0 aliphatic rings. The summed E-state index contributed by atoms with van der Waals surface area (Å²) < 4.78 is 1.38. The Hall–Kier alpha value is -1.69. The van der Waals surface area contributed by atoms with Crippen LogP contribution in [0.25, 0.3) is 10.2 Å². The number of carboxylic acids is 1. The Morgan fingerprint density at radius 2 is 2.05 bits per heavy atom. The van der Waals surface area contributed by atoms with Gasteiger partial charge in [0.05, 0.1) is 5.39 Å². The predicted octanol–water partition coefficient (Wildman–Crippen LogP) is 3.06. The topological polar surface area (TPSA) is 72.2 Å². The molecule has 21 heavy (non-hydrogen) atoms. The fourth-order valence-electron chi connectivity index (χ4n) is 2.54. The van der Waals surface area contributed by atoms with Crippen molar-refractivity contribution in [3.63, 3.8) is 0 Å². The van der Waals surface area contributed by atoms with Gasteiger partial charge in [-0.1, -0.05) is 13.8 Å². The second-order valence-corrected chi connectivity index (χ2v) is 6.38. The maximum atomic E-state index is 12.8. The van der Waals surface area contributed by atoms with Crippen molar-refractivity contribution < 1.29 is 9.90 Å². The van der Waals surface area contributed by atoms with E-state index in [9.17, 15) is 14.7 Å². The SMILES string of the molecule is CCCc1nc2sc(C)c(C)c2c(=O)n1C(CC)C(=O)O. The molecule has 0 saturated carbocycles. The second-order valence-electron chi connectivity index (χ2n) is 5.18. The number of nitrogens with zero attached hydrogens (tertiary/aromatic N) is 2. The van der Waals surface area contributed by atoms with Gasteiger partial charge in [0.25, 0.3) is 5.56 Å². The van der Waals surface area contributed by atoms with Crippen molar-refractivity contribution in [2.75, 3.05) is 0 Å². The number of thiophene rings is 1. The van der Waals surface area contributed by atoms with Crippen molar-refractivity contribution in [2.24, 2.45) is 0 Å². The largest absolute Gasteiger partial charge is 0.480 e. The van der Waals surface area contributed by atoms with Crippen LogP contribution >= 0.6 is 11.3 Å². The lowest BCUT2D eigenvalue weighted by Gasteiger charge is -2.18. The first-order valence-electron chi connectivity index (χ1n) is 7.16. The minimum absolute atomic E-state index is 0.223. The zero-order valence-electron chi connectivity index (χ0n) is 12.8. The number of hydrogen-bond acceptors (Lipinski definition) is 4. The van der Waals surface area contributed by atoms with Crippen molar-refractivity contribution in [2.45, 2.75) is 53.0 Å². The number of carbonyl (C=O) groups is 1. The summed E-state index contributed by atoms with van der Waals surface area (Å²) in [5.74, 6) is -0.409. The molecule has 5 nitrogen and oxygen atoms in total. The van der Waals surface area contributed by atoms with Gasteiger partial charge in [0, 0.05) is 11.3 Å². The maximum Gasteiger partial charge on any atom is 0.326 e. The average Bonchev–Trinajstić information content (AvgIpc) is 2.69. The van der Waals surface area contributed by atoms with E-state index in [-0.39, 0.29) is 5.56 Å². The van der Waals surface area contributed by atoms with Crippen molar-refractivity contribution in [1.29, 1.82) is 0 Å². The quantitative estimate of drug-likeness (QED) is 0.921. The third kappa shape index (κ3) is 2.60. The standard InChI is InChI=1S/C15H20N2O3S/c1-5-7-11-16-13-12(8(3)9(4)21-13)14(18)17(11)10(6-2)15(19)20/h10H,5-7H2,1-4H3,(H,19,20). The van der Waals surface area contributed by atoms with Crippen molar-refractivity contribution >= 4 is 27.5 Å². The van der Waals surface area contributed by atoms with Crippen molar-refractivity contribution in [3.05, 3.63) is 26.6 Å². The summed E-state index contributed by atoms with van der Waals surface area (Å²) in [4.78, 5) is 30.7. The van der Waals surface area contributed by atoms with E-state index in [1.54, 1.807) is 6.92 Å². The van der Waals surface area contributed by atoms with E-state index in [0.29, 0.717) is 24.1 Å². The third-order valence-corrected chi connectivity index (χ3v) is 4.87. The van der Waals surface area contributed by atoms with Crippen LogP contribution in [-0.2, 0) is 11.2 Å². The monoisotopic (exact) mass is 308 g/mol. The lowest BCUT2D eigenvalue weighted by Crippen LogP contribution is -2.33. The molecule has 0 aliphatic carbocycles. The smallest absolute Gasteiger partial charge is 0.326 e. The summed E-state index contributed by atoms with van der Waals surface area (Å²) in [5, 5.41) is 9.97. The van der Waals surface area contributed by atoms with E-state index in [4.69, 9.17) is 0 Å². The Morgan fingerprint density at radius 3 is 2.57 bits per heavy atom. The highest BCUT2D eigenvalue weighted by Gasteiger charge is 2.25. The highest BCUT2D eigenvalue weighted by atomic mass is 32.1. The molecule has 1 atom stereocenters. The van der Waals surface area contributed by atoms with Gasteiger partial charge in [-0.05, 0) is 32.3 Å². The number of aryl methyl sites for hydroxylation is 3. The van der Waals surface area contributed by atoms with Gasteiger partial charge in [-0.3, -0.25) is 9.36 Å². The van der Waals surface area contributed by atoms with Crippen LogP contribution in [0.5, 0.6) is 0 Å². The Bertz CT molecular complexity index is 745. The van der Waals surface area contributed by atoms with Crippen LogP contribution in [0, 0.1) is 13.8 Å². The number of carboxylic acid groups (broad SMARTS) is 1. The van der Waals surface area contributed by atoms with E-state index in [1.807, 2.05) is 20.8 Å². The second kappa shape index (κ2) is 5.97. The molecule has 2 heterocycles. The van der Waals surface area contributed by atoms with Crippen LogP contribution in [0.3, 0.4) is 0 Å². The van der Waals surface area contributed by atoms with Crippen molar-refractivity contribution in [1.82, 2.24) is 9.55 Å². The molecule has 0 saturated heterocycles. The minimum Gasteiger partial charge on any atom is -0.480 e. The van der Waals surface area contributed by atoms with E-state index in [1.165, 1.54) is 15.9 Å². The molecule has 1 unspecified atom stereocenters. The van der Waals surface area contributed by atoms with Crippen LogP contribution in [-0.4, -0.2) is 20.6 Å². The first kappa shape index (κ1) is 15.7. The zero-order valence-corrected chi connectivity index (χ0v) is 13.6. The van der Waals surface area contributed by atoms with Crippen molar-refractivity contribution in [3.8, 4) is 0 Å². The molecule has 0 radical (unpaired) electrons. The Morgan fingerprint density at radius 1 is 1.38 bits per heavy atom. The predicted molar refractivity (Wildman–Crippen MR) is 84.3 cm³/mol. The molecular weight excluding hydrogens is 288 g/mol. The molecule has 2 aromatic rings. The summed E-state index contributed by atoms with van der Waals surface area (Å²) in [7, 11) is 0. The third-order valence-electron chi connectivity index (χ3n) is 3.77. The van der Waals surface area contributed by atoms with Gasteiger partial charge >= 0.3 is 5.97 Å². The lowest BCUT2D eigenvalue weighted by molar-refractivity contribution is -0.141. The lowest BCUT2D eigenvalue weighted by atomic mass is 10.1. The number of aromatic nitrogens is 2. The fraction of sp³-hybridized carbons (Fsp3) is 0.533. The number of fused-ring (bicyclic) bond motifs is 1. The molecule has 0 bridgehead atoms. The Labute approximate surface area is 127 Å². The summed E-state index contributed by atoms with van der Waals surface area (Å²) in [6.45, 7) is 7.62. The summed E-state index contributed by atoms with van der Waals surface area (Å²) >= 11 is 1.50. The van der Waals surface area contributed by atoms with Crippen LogP contribution in [0.2, 0.25) is 0 Å². The van der Waals surface area contributed by atoms with Crippen LogP contribution in [0.15, 0.2) is 4.79 Å². The minimum atomic E-state index is -0.984. The molecule has 0 fully saturated rings. The van der Waals surface area contributed by atoms with Gasteiger partial charge in [0.2, 0.25) is 0 Å². The van der Waals surface area contributed by atoms with Crippen LogP contribution in [0.4, 0.5) is 0 Å². The highest BCUT2D eigenvalue weighted by Crippen LogP contribution is 2.27. The maximum absolute atomic E-state index is 12.8. The van der Waals surface area contributed by atoms with E-state index in [2.05, 4.69) is 4.98 Å². The van der Waals surface area contributed by atoms with Gasteiger partial charge < -0.3 is 5.11 Å². The molecule has 0 amide bonds. The van der Waals surface area contributed by atoms with E-state index < -0.39 is 12.0 Å². The Balaban J connectivity index is 2.85. The van der Waals surface area contributed by atoms with Gasteiger partial charge in [0.1, 0.15) is 16.7 Å². The van der Waals surface area contributed by atoms with Gasteiger partial charge in [-0.25, -0.2) is 9.78 Å². The zero-order chi connectivity index (χ0) is 15.7.